The third-order valence-electron chi connectivity index (χ3n) is 3.08. The van der Waals surface area contributed by atoms with Crippen LogP contribution < -0.4 is 0 Å². The molecule has 0 radical (unpaired) electrons. The summed E-state index contributed by atoms with van der Waals surface area (Å²) >= 11 is 11.0. The highest BCUT2D eigenvalue weighted by Gasteiger charge is 2.22. The topological polar surface area (TPSA) is 60.4 Å². The lowest BCUT2D eigenvalue weighted by atomic mass is 9.97. The predicted molar refractivity (Wildman–Crippen MR) is 85.5 cm³/mol. The average Bonchev–Trinajstić information content (AvgIpc) is 2.45. The number of esters is 1. The van der Waals surface area contributed by atoms with Crippen LogP contribution in [0.25, 0.3) is 0 Å². The van der Waals surface area contributed by atoms with Gasteiger partial charge < -0.3 is 4.74 Å². The van der Waals surface area contributed by atoms with Crippen molar-refractivity contribution in [2.75, 3.05) is 0 Å². The summed E-state index contributed by atoms with van der Waals surface area (Å²) in [5, 5.41) is -1.54. The smallest absolute Gasteiger partial charge is 0.333 e. The van der Waals surface area contributed by atoms with E-state index in [9.17, 15) is 14.4 Å². The summed E-state index contributed by atoms with van der Waals surface area (Å²) in [6.07, 6.45) is 0.328. The minimum absolute atomic E-state index is 0.0419. The SMILES string of the molecule is C=C(C)C(=O)OC(CC)Cc1cccc(C(=O)Cl)c1C(=O)Cl. The van der Waals surface area contributed by atoms with Gasteiger partial charge in [0, 0.05) is 23.1 Å². The molecule has 0 aromatic heterocycles. The molecule has 0 aliphatic carbocycles. The van der Waals surface area contributed by atoms with Gasteiger partial charge in [-0.1, -0.05) is 25.6 Å². The molecule has 1 aromatic rings. The maximum atomic E-state index is 11.6. The highest BCUT2D eigenvalue weighted by atomic mass is 35.5. The molecule has 22 heavy (non-hydrogen) atoms. The number of benzene rings is 1. The highest BCUT2D eigenvalue weighted by molar-refractivity contribution is 6.72. The Morgan fingerprint density at radius 2 is 1.86 bits per heavy atom. The van der Waals surface area contributed by atoms with Crippen molar-refractivity contribution in [3.63, 3.8) is 0 Å². The standard InChI is InChI=1S/C16H16Cl2O4/c1-4-11(22-16(21)9(2)3)8-10-6-5-7-12(14(17)19)13(10)15(18)20/h5-7,11H,2,4,8H2,1,3H3. The number of ether oxygens (including phenoxy) is 1. The number of hydrogen-bond acceptors (Lipinski definition) is 4. The molecule has 0 bridgehead atoms. The van der Waals surface area contributed by atoms with Crippen molar-refractivity contribution in [2.45, 2.75) is 32.8 Å². The van der Waals surface area contributed by atoms with E-state index in [0.29, 0.717) is 12.0 Å². The average molecular weight is 343 g/mol. The fraction of sp³-hybridized carbons (Fsp3) is 0.312. The normalized spacial score (nSPS) is 11.6. The molecule has 0 amide bonds. The van der Waals surface area contributed by atoms with Crippen molar-refractivity contribution in [3.8, 4) is 0 Å². The molecule has 0 saturated heterocycles. The Bertz CT molecular complexity index is 623. The Morgan fingerprint density at radius 3 is 2.32 bits per heavy atom. The zero-order valence-corrected chi connectivity index (χ0v) is 13.8. The lowest BCUT2D eigenvalue weighted by Crippen LogP contribution is -2.21. The minimum atomic E-state index is -0.777. The van der Waals surface area contributed by atoms with Crippen molar-refractivity contribution >= 4 is 39.7 Å². The van der Waals surface area contributed by atoms with Gasteiger partial charge in [-0.05, 0) is 48.2 Å². The van der Waals surface area contributed by atoms with Crippen molar-refractivity contribution in [1.29, 1.82) is 0 Å². The van der Waals surface area contributed by atoms with Crippen LogP contribution in [-0.2, 0) is 16.0 Å². The molecular weight excluding hydrogens is 327 g/mol. The third-order valence-corrected chi connectivity index (χ3v) is 3.48. The summed E-state index contributed by atoms with van der Waals surface area (Å²) in [5.41, 5.74) is 0.888. The van der Waals surface area contributed by atoms with Crippen LogP contribution in [0.1, 0.15) is 46.5 Å². The van der Waals surface area contributed by atoms with E-state index in [2.05, 4.69) is 6.58 Å². The molecule has 1 atom stereocenters. The molecule has 0 fully saturated rings. The Morgan fingerprint density at radius 1 is 1.23 bits per heavy atom. The van der Waals surface area contributed by atoms with Gasteiger partial charge in [0.2, 0.25) is 0 Å². The van der Waals surface area contributed by atoms with Gasteiger partial charge in [0.15, 0.2) is 0 Å². The highest BCUT2D eigenvalue weighted by Crippen LogP contribution is 2.22. The van der Waals surface area contributed by atoms with E-state index in [4.69, 9.17) is 27.9 Å². The molecule has 0 aliphatic rings. The molecule has 0 saturated carbocycles. The van der Waals surface area contributed by atoms with Gasteiger partial charge >= 0.3 is 5.97 Å². The molecule has 0 N–H and O–H groups in total. The fourth-order valence-corrected chi connectivity index (χ4v) is 2.31. The molecule has 4 nitrogen and oxygen atoms in total. The quantitative estimate of drug-likeness (QED) is 0.428. The number of halogens is 2. The van der Waals surface area contributed by atoms with E-state index in [1.165, 1.54) is 6.07 Å². The third kappa shape index (κ3) is 4.68. The largest absolute Gasteiger partial charge is 0.459 e. The van der Waals surface area contributed by atoms with E-state index < -0.39 is 22.6 Å². The molecule has 0 heterocycles. The van der Waals surface area contributed by atoms with Crippen molar-refractivity contribution in [3.05, 3.63) is 47.0 Å². The molecular formula is C16H16Cl2O4. The monoisotopic (exact) mass is 342 g/mol. The van der Waals surface area contributed by atoms with Gasteiger partial charge in [-0.25, -0.2) is 4.79 Å². The molecule has 1 rings (SSSR count). The first-order valence-corrected chi connectivity index (χ1v) is 7.41. The Kier molecular flexibility index (Phi) is 6.78. The summed E-state index contributed by atoms with van der Waals surface area (Å²) < 4.78 is 5.29. The van der Waals surface area contributed by atoms with Gasteiger partial charge in [0.05, 0.1) is 0 Å². The second kappa shape index (κ2) is 8.11. The van der Waals surface area contributed by atoms with Crippen LogP contribution in [0.3, 0.4) is 0 Å². The summed E-state index contributed by atoms with van der Waals surface area (Å²) in [6, 6.07) is 4.67. The number of carbonyl (C=O) groups excluding carboxylic acids is 3. The fourth-order valence-electron chi connectivity index (χ4n) is 1.93. The van der Waals surface area contributed by atoms with Gasteiger partial charge in [0.25, 0.3) is 10.5 Å². The number of carbonyl (C=O) groups is 3. The van der Waals surface area contributed by atoms with Gasteiger partial charge in [-0.3, -0.25) is 9.59 Å². The van der Waals surface area contributed by atoms with Crippen LogP contribution in [0.15, 0.2) is 30.4 Å². The van der Waals surface area contributed by atoms with Gasteiger partial charge in [0.1, 0.15) is 6.10 Å². The van der Waals surface area contributed by atoms with E-state index in [1.54, 1.807) is 19.1 Å². The van der Waals surface area contributed by atoms with Crippen LogP contribution in [0.5, 0.6) is 0 Å². The second-order valence-electron chi connectivity index (χ2n) is 4.81. The van der Waals surface area contributed by atoms with Crippen LogP contribution >= 0.6 is 23.2 Å². The Hall–Kier alpha value is -1.65. The predicted octanol–water partition coefficient (Wildman–Crippen LogP) is 3.89. The van der Waals surface area contributed by atoms with E-state index in [0.717, 1.165) is 0 Å². The van der Waals surface area contributed by atoms with Gasteiger partial charge in [-0.15, -0.1) is 0 Å². The molecule has 1 unspecified atom stereocenters. The van der Waals surface area contributed by atoms with Crippen LogP contribution in [0, 0.1) is 0 Å². The molecule has 1 aromatic carbocycles. The first-order valence-electron chi connectivity index (χ1n) is 6.65. The van der Waals surface area contributed by atoms with E-state index in [1.807, 2.05) is 6.92 Å². The molecule has 0 spiro atoms. The maximum Gasteiger partial charge on any atom is 0.333 e. The molecule has 118 valence electrons. The van der Waals surface area contributed by atoms with Gasteiger partial charge in [-0.2, -0.15) is 0 Å². The first kappa shape index (κ1) is 18.4. The lowest BCUT2D eigenvalue weighted by Gasteiger charge is -2.18. The summed E-state index contributed by atoms with van der Waals surface area (Å²) in [5.74, 6) is -0.504. The zero-order valence-electron chi connectivity index (χ0n) is 12.3. The molecule has 6 heteroatoms. The number of rotatable bonds is 7. The van der Waals surface area contributed by atoms with Crippen molar-refractivity contribution in [2.24, 2.45) is 0 Å². The van der Waals surface area contributed by atoms with Crippen LogP contribution in [0.4, 0.5) is 0 Å². The summed E-state index contributed by atoms with van der Waals surface area (Å²) in [7, 11) is 0. The second-order valence-corrected chi connectivity index (χ2v) is 5.49. The van der Waals surface area contributed by atoms with E-state index >= 15 is 0 Å². The van der Waals surface area contributed by atoms with Crippen molar-refractivity contribution < 1.29 is 19.1 Å². The number of hydrogen-bond donors (Lipinski definition) is 0. The Balaban J connectivity index is 3.13. The Labute approximate surface area is 139 Å². The minimum Gasteiger partial charge on any atom is -0.459 e. The maximum absolute atomic E-state index is 11.6. The van der Waals surface area contributed by atoms with Crippen molar-refractivity contribution in [1.82, 2.24) is 0 Å². The summed E-state index contributed by atoms with van der Waals surface area (Å²) in [6.45, 7) is 6.91. The van der Waals surface area contributed by atoms with Crippen LogP contribution in [0.2, 0.25) is 0 Å². The molecule has 0 aliphatic heterocycles. The zero-order chi connectivity index (χ0) is 16.9. The van der Waals surface area contributed by atoms with Crippen LogP contribution in [-0.4, -0.2) is 22.6 Å². The first-order chi connectivity index (χ1) is 10.3. The van der Waals surface area contributed by atoms with E-state index in [-0.39, 0.29) is 23.1 Å². The summed E-state index contributed by atoms with van der Waals surface area (Å²) in [4.78, 5) is 34.6. The lowest BCUT2D eigenvalue weighted by molar-refractivity contribution is -0.144.